The summed E-state index contributed by atoms with van der Waals surface area (Å²) in [4.78, 5) is 11.7. The lowest BCUT2D eigenvalue weighted by molar-refractivity contribution is -0.121. The minimum atomic E-state index is -0.314. The summed E-state index contributed by atoms with van der Waals surface area (Å²) in [5.41, 5.74) is 0. The number of nitrogens with one attached hydrogen (secondary N) is 1. The molecule has 1 atom stereocenters. The van der Waals surface area contributed by atoms with Crippen molar-refractivity contribution >= 4 is 5.91 Å². The standard InChI is InChI=1S/C14H24N2O/c1-11(2)9-13(10-15)16-14(17)8-7-12-5-3-4-6-12/h11-13H,3-9H2,1-2H3,(H,16,17). The summed E-state index contributed by atoms with van der Waals surface area (Å²) in [5.74, 6) is 1.23. The van der Waals surface area contributed by atoms with Crippen LogP contribution in [0.3, 0.4) is 0 Å². The fourth-order valence-electron chi connectivity index (χ4n) is 2.52. The zero-order valence-corrected chi connectivity index (χ0v) is 11.0. The predicted molar refractivity (Wildman–Crippen MR) is 68.2 cm³/mol. The number of carbonyl (C=O) groups excluding carboxylic acids is 1. The van der Waals surface area contributed by atoms with Crippen molar-refractivity contribution in [3.8, 4) is 6.07 Å². The van der Waals surface area contributed by atoms with Crippen molar-refractivity contribution in [2.45, 2.75) is 64.8 Å². The lowest BCUT2D eigenvalue weighted by Crippen LogP contribution is -2.34. The Balaban J connectivity index is 2.20. The van der Waals surface area contributed by atoms with E-state index in [1.807, 2.05) is 0 Å². The van der Waals surface area contributed by atoms with Crippen LogP contribution in [-0.2, 0) is 4.79 Å². The second kappa shape index (κ2) is 7.32. The number of hydrogen-bond donors (Lipinski definition) is 1. The van der Waals surface area contributed by atoms with Crippen LogP contribution in [0.1, 0.15) is 58.8 Å². The number of nitrogens with zero attached hydrogens (tertiary/aromatic N) is 1. The Kier molecular flexibility index (Phi) is 6.04. The monoisotopic (exact) mass is 236 g/mol. The van der Waals surface area contributed by atoms with Crippen molar-refractivity contribution in [3.05, 3.63) is 0 Å². The van der Waals surface area contributed by atoms with Gasteiger partial charge in [-0.25, -0.2) is 0 Å². The maximum atomic E-state index is 11.7. The van der Waals surface area contributed by atoms with E-state index in [1.165, 1.54) is 25.7 Å². The van der Waals surface area contributed by atoms with E-state index in [2.05, 4.69) is 25.2 Å². The van der Waals surface area contributed by atoms with Gasteiger partial charge < -0.3 is 5.32 Å². The Morgan fingerprint density at radius 2 is 2.06 bits per heavy atom. The Hall–Kier alpha value is -1.04. The zero-order valence-electron chi connectivity index (χ0n) is 11.0. The third kappa shape index (κ3) is 5.72. The number of carbonyl (C=O) groups is 1. The average Bonchev–Trinajstić information content (AvgIpc) is 2.77. The van der Waals surface area contributed by atoms with Gasteiger partial charge in [0.15, 0.2) is 0 Å². The van der Waals surface area contributed by atoms with Gasteiger partial charge in [0.05, 0.1) is 6.07 Å². The van der Waals surface area contributed by atoms with Gasteiger partial charge in [-0.15, -0.1) is 0 Å². The minimum absolute atomic E-state index is 0.0455. The maximum absolute atomic E-state index is 11.7. The summed E-state index contributed by atoms with van der Waals surface area (Å²) in [6.07, 6.45) is 7.51. The molecule has 96 valence electrons. The molecule has 3 nitrogen and oxygen atoms in total. The molecule has 3 heteroatoms. The molecular formula is C14H24N2O. The van der Waals surface area contributed by atoms with Crippen LogP contribution in [0.2, 0.25) is 0 Å². The summed E-state index contributed by atoms with van der Waals surface area (Å²) < 4.78 is 0. The molecule has 0 spiro atoms. The topological polar surface area (TPSA) is 52.9 Å². The summed E-state index contributed by atoms with van der Waals surface area (Å²) >= 11 is 0. The van der Waals surface area contributed by atoms with Crippen molar-refractivity contribution < 1.29 is 4.79 Å². The largest absolute Gasteiger partial charge is 0.340 e. The van der Waals surface area contributed by atoms with Crippen LogP contribution in [0.25, 0.3) is 0 Å². The van der Waals surface area contributed by atoms with Gasteiger partial charge in [0.1, 0.15) is 6.04 Å². The van der Waals surface area contributed by atoms with E-state index in [-0.39, 0.29) is 11.9 Å². The van der Waals surface area contributed by atoms with E-state index in [9.17, 15) is 4.79 Å². The van der Waals surface area contributed by atoms with Crippen molar-refractivity contribution in [2.75, 3.05) is 0 Å². The Bertz CT molecular complexity index is 274. The van der Waals surface area contributed by atoms with Gasteiger partial charge in [0.25, 0.3) is 0 Å². The van der Waals surface area contributed by atoms with Gasteiger partial charge in [0, 0.05) is 6.42 Å². The lowest BCUT2D eigenvalue weighted by atomic mass is 10.0. The first kappa shape index (κ1) is 14.0. The van der Waals surface area contributed by atoms with Crippen molar-refractivity contribution in [1.82, 2.24) is 5.32 Å². The van der Waals surface area contributed by atoms with E-state index in [4.69, 9.17) is 5.26 Å². The van der Waals surface area contributed by atoms with Crippen LogP contribution in [0.5, 0.6) is 0 Å². The summed E-state index contributed by atoms with van der Waals surface area (Å²) in [6.45, 7) is 4.13. The first-order valence-electron chi connectivity index (χ1n) is 6.80. The molecule has 1 fully saturated rings. The number of hydrogen-bond acceptors (Lipinski definition) is 2. The van der Waals surface area contributed by atoms with E-state index in [1.54, 1.807) is 0 Å². The summed E-state index contributed by atoms with van der Waals surface area (Å²) in [6, 6.07) is 1.85. The summed E-state index contributed by atoms with van der Waals surface area (Å²) in [5, 5.41) is 11.8. The highest BCUT2D eigenvalue weighted by atomic mass is 16.1. The van der Waals surface area contributed by atoms with E-state index < -0.39 is 0 Å². The minimum Gasteiger partial charge on any atom is -0.340 e. The molecule has 0 saturated heterocycles. The number of rotatable bonds is 6. The Morgan fingerprint density at radius 3 is 2.59 bits per heavy atom. The summed E-state index contributed by atoms with van der Waals surface area (Å²) in [7, 11) is 0. The molecule has 1 rings (SSSR count). The van der Waals surface area contributed by atoms with Crippen molar-refractivity contribution in [1.29, 1.82) is 5.26 Å². The number of amides is 1. The second-order valence-electron chi connectivity index (χ2n) is 5.57. The molecule has 1 aliphatic rings. The van der Waals surface area contributed by atoms with Gasteiger partial charge >= 0.3 is 0 Å². The molecule has 1 unspecified atom stereocenters. The van der Waals surface area contributed by atoms with Crippen LogP contribution in [-0.4, -0.2) is 11.9 Å². The molecule has 0 aromatic rings. The second-order valence-corrected chi connectivity index (χ2v) is 5.57. The van der Waals surface area contributed by atoms with E-state index in [0.29, 0.717) is 12.3 Å². The first-order valence-corrected chi connectivity index (χ1v) is 6.80. The highest BCUT2D eigenvalue weighted by Crippen LogP contribution is 2.28. The molecule has 1 saturated carbocycles. The smallest absolute Gasteiger partial charge is 0.221 e. The Morgan fingerprint density at radius 1 is 1.41 bits per heavy atom. The predicted octanol–water partition coefficient (Wildman–Crippen LogP) is 3.01. The number of nitriles is 1. The molecule has 17 heavy (non-hydrogen) atoms. The van der Waals surface area contributed by atoms with Crippen LogP contribution in [0.15, 0.2) is 0 Å². The highest BCUT2D eigenvalue weighted by molar-refractivity contribution is 5.76. The van der Waals surface area contributed by atoms with Gasteiger partial charge in [-0.1, -0.05) is 39.5 Å². The molecule has 0 aromatic heterocycles. The maximum Gasteiger partial charge on any atom is 0.221 e. The molecule has 0 aromatic carbocycles. The molecule has 0 heterocycles. The average molecular weight is 236 g/mol. The fraction of sp³-hybridized carbons (Fsp3) is 0.857. The molecular weight excluding hydrogens is 212 g/mol. The van der Waals surface area contributed by atoms with Gasteiger partial charge in [-0.2, -0.15) is 5.26 Å². The molecule has 1 amide bonds. The van der Waals surface area contributed by atoms with Gasteiger partial charge in [-0.05, 0) is 24.7 Å². The molecule has 0 radical (unpaired) electrons. The van der Waals surface area contributed by atoms with Gasteiger partial charge in [0.2, 0.25) is 5.91 Å². The molecule has 0 aliphatic heterocycles. The third-order valence-corrected chi connectivity index (χ3v) is 3.45. The lowest BCUT2D eigenvalue weighted by Gasteiger charge is -2.14. The highest BCUT2D eigenvalue weighted by Gasteiger charge is 2.18. The van der Waals surface area contributed by atoms with Crippen LogP contribution < -0.4 is 5.32 Å². The van der Waals surface area contributed by atoms with Crippen molar-refractivity contribution in [2.24, 2.45) is 11.8 Å². The quantitative estimate of drug-likeness (QED) is 0.770. The van der Waals surface area contributed by atoms with Crippen LogP contribution >= 0.6 is 0 Å². The SMILES string of the molecule is CC(C)CC(C#N)NC(=O)CCC1CCCC1. The fourth-order valence-corrected chi connectivity index (χ4v) is 2.52. The zero-order chi connectivity index (χ0) is 12.7. The molecule has 1 aliphatic carbocycles. The van der Waals surface area contributed by atoms with Crippen LogP contribution in [0, 0.1) is 23.2 Å². The first-order chi connectivity index (χ1) is 8.11. The Labute approximate surface area is 105 Å². The van der Waals surface area contributed by atoms with E-state index >= 15 is 0 Å². The van der Waals surface area contributed by atoms with Gasteiger partial charge in [-0.3, -0.25) is 4.79 Å². The molecule has 1 N–H and O–H groups in total. The van der Waals surface area contributed by atoms with E-state index in [0.717, 1.165) is 18.8 Å². The molecule has 0 bridgehead atoms. The van der Waals surface area contributed by atoms with Crippen LogP contribution in [0.4, 0.5) is 0 Å². The van der Waals surface area contributed by atoms with Crippen molar-refractivity contribution in [3.63, 3.8) is 0 Å². The third-order valence-electron chi connectivity index (χ3n) is 3.45. The normalized spacial score (nSPS) is 18.0.